The summed E-state index contributed by atoms with van der Waals surface area (Å²) in [5, 5.41) is 3.06. The van der Waals surface area contributed by atoms with E-state index in [0.717, 1.165) is 12.2 Å². The van der Waals surface area contributed by atoms with Gasteiger partial charge in [0, 0.05) is 33.0 Å². The fourth-order valence-electron chi connectivity index (χ4n) is 3.13. The number of carbonyl (C=O) groups is 1. The van der Waals surface area contributed by atoms with Crippen LogP contribution in [0.4, 0.5) is 0 Å². The molecule has 1 aliphatic rings. The first kappa shape index (κ1) is 14.9. The molecule has 1 aliphatic heterocycles. The highest BCUT2D eigenvalue weighted by atomic mass is 16.5. The van der Waals surface area contributed by atoms with Gasteiger partial charge in [0.25, 0.3) is 5.91 Å². The number of hydrogen-bond acceptors (Lipinski definition) is 5. The van der Waals surface area contributed by atoms with Crippen molar-refractivity contribution in [3.05, 3.63) is 47.9 Å². The Labute approximate surface area is 138 Å². The zero-order valence-electron chi connectivity index (χ0n) is 13.5. The van der Waals surface area contributed by atoms with Gasteiger partial charge in [-0.25, -0.2) is 9.97 Å². The maximum Gasteiger partial charge on any atom is 0.253 e. The van der Waals surface area contributed by atoms with Gasteiger partial charge in [-0.15, -0.1) is 0 Å². The third-order valence-corrected chi connectivity index (χ3v) is 4.29. The SMILES string of the molecule is Cc1nc2c(C(=O)N[C@H]3CCO[C@@H]3c3nccn3C)cccc2o1. The van der Waals surface area contributed by atoms with Crippen LogP contribution in [-0.4, -0.2) is 33.1 Å². The largest absolute Gasteiger partial charge is 0.441 e. The van der Waals surface area contributed by atoms with E-state index in [-0.39, 0.29) is 18.1 Å². The van der Waals surface area contributed by atoms with Crippen molar-refractivity contribution in [3.63, 3.8) is 0 Å². The molecule has 1 aromatic carbocycles. The van der Waals surface area contributed by atoms with Crippen LogP contribution in [0.5, 0.6) is 0 Å². The van der Waals surface area contributed by atoms with Crippen LogP contribution >= 0.6 is 0 Å². The lowest BCUT2D eigenvalue weighted by Crippen LogP contribution is -2.37. The molecule has 3 heterocycles. The molecule has 3 aromatic rings. The Bertz CT molecular complexity index is 898. The van der Waals surface area contributed by atoms with Crippen LogP contribution in [0.15, 0.2) is 35.0 Å². The number of carbonyl (C=O) groups excluding carboxylic acids is 1. The second-order valence-corrected chi connectivity index (χ2v) is 5.94. The minimum atomic E-state index is -0.243. The number of ether oxygens (including phenoxy) is 1. The van der Waals surface area contributed by atoms with Crippen LogP contribution in [0.2, 0.25) is 0 Å². The van der Waals surface area contributed by atoms with Crippen molar-refractivity contribution < 1.29 is 13.9 Å². The van der Waals surface area contributed by atoms with Gasteiger partial charge in [0.1, 0.15) is 17.4 Å². The van der Waals surface area contributed by atoms with Crippen molar-refractivity contribution in [2.24, 2.45) is 7.05 Å². The Morgan fingerprint density at radius 2 is 2.29 bits per heavy atom. The summed E-state index contributed by atoms with van der Waals surface area (Å²) >= 11 is 0. The maximum absolute atomic E-state index is 12.7. The van der Waals surface area contributed by atoms with E-state index in [1.54, 1.807) is 25.3 Å². The molecule has 1 fully saturated rings. The van der Waals surface area contributed by atoms with E-state index in [4.69, 9.17) is 9.15 Å². The van der Waals surface area contributed by atoms with Crippen molar-refractivity contribution in [2.45, 2.75) is 25.5 Å². The van der Waals surface area contributed by atoms with Gasteiger partial charge >= 0.3 is 0 Å². The lowest BCUT2D eigenvalue weighted by atomic mass is 10.1. The summed E-state index contributed by atoms with van der Waals surface area (Å²) in [6.07, 6.45) is 4.10. The molecule has 7 nitrogen and oxygen atoms in total. The average Bonchev–Trinajstić information content (AvgIpc) is 3.25. The predicted molar refractivity (Wildman–Crippen MR) is 86.5 cm³/mol. The van der Waals surface area contributed by atoms with Gasteiger partial charge < -0.3 is 19.0 Å². The Balaban J connectivity index is 1.60. The monoisotopic (exact) mass is 326 g/mol. The number of amides is 1. The zero-order chi connectivity index (χ0) is 16.7. The molecule has 124 valence electrons. The maximum atomic E-state index is 12.7. The van der Waals surface area contributed by atoms with Gasteiger partial charge in [-0.3, -0.25) is 4.79 Å². The minimum absolute atomic E-state index is 0.123. The highest BCUT2D eigenvalue weighted by Crippen LogP contribution is 2.28. The van der Waals surface area contributed by atoms with Crippen LogP contribution in [0.25, 0.3) is 11.1 Å². The van der Waals surface area contributed by atoms with Crippen LogP contribution in [0.3, 0.4) is 0 Å². The second kappa shape index (κ2) is 5.76. The third kappa shape index (κ3) is 2.46. The standard InChI is InChI=1S/C17H18N4O3/c1-10-19-14-11(4-3-5-13(14)24-10)17(22)20-12-6-9-23-15(12)16-18-7-8-21(16)2/h3-5,7-8,12,15H,6,9H2,1-2H3,(H,20,22)/t12-,15-/m0/s1. The van der Waals surface area contributed by atoms with Gasteiger partial charge in [-0.2, -0.15) is 0 Å². The molecular formula is C17H18N4O3. The molecule has 0 radical (unpaired) electrons. The number of imidazole rings is 1. The van der Waals surface area contributed by atoms with E-state index < -0.39 is 0 Å². The number of nitrogens with one attached hydrogen (secondary N) is 1. The number of oxazole rings is 1. The quantitative estimate of drug-likeness (QED) is 0.797. The molecule has 0 aliphatic carbocycles. The Hall–Kier alpha value is -2.67. The zero-order valence-corrected chi connectivity index (χ0v) is 13.5. The molecule has 24 heavy (non-hydrogen) atoms. The second-order valence-electron chi connectivity index (χ2n) is 5.94. The molecule has 4 rings (SSSR count). The summed E-state index contributed by atoms with van der Waals surface area (Å²) < 4.78 is 13.2. The molecular weight excluding hydrogens is 308 g/mol. The van der Waals surface area contributed by atoms with Gasteiger partial charge in [0.05, 0.1) is 11.6 Å². The Morgan fingerprint density at radius 1 is 1.42 bits per heavy atom. The van der Waals surface area contributed by atoms with Gasteiger partial charge in [-0.05, 0) is 18.6 Å². The van der Waals surface area contributed by atoms with E-state index in [1.807, 2.05) is 23.9 Å². The van der Waals surface area contributed by atoms with E-state index >= 15 is 0 Å². The normalized spacial score (nSPS) is 20.6. The smallest absolute Gasteiger partial charge is 0.253 e. The number of aromatic nitrogens is 3. The van der Waals surface area contributed by atoms with Crippen molar-refractivity contribution in [2.75, 3.05) is 6.61 Å². The number of hydrogen-bond donors (Lipinski definition) is 1. The van der Waals surface area contributed by atoms with Gasteiger partial charge in [-0.1, -0.05) is 6.07 Å². The molecule has 0 saturated carbocycles. The third-order valence-electron chi connectivity index (χ3n) is 4.29. The van der Waals surface area contributed by atoms with Crippen molar-refractivity contribution in [1.82, 2.24) is 19.9 Å². The fraction of sp³-hybridized carbons (Fsp3) is 0.353. The number of para-hydroxylation sites is 1. The van der Waals surface area contributed by atoms with Crippen LogP contribution in [0.1, 0.15) is 34.6 Å². The van der Waals surface area contributed by atoms with E-state index in [0.29, 0.717) is 29.2 Å². The summed E-state index contributed by atoms with van der Waals surface area (Å²) in [4.78, 5) is 21.4. The molecule has 1 amide bonds. The summed E-state index contributed by atoms with van der Waals surface area (Å²) in [5.41, 5.74) is 1.71. The molecule has 0 spiro atoms. The molecule has 2 atom stereocenters. The van der Waals surface area contributed by atoms with Gasteiger partial charge in [0.15, 0.2) is 11.5 Å². The Morgan fingerprint density at radius 3 is 3.08 bits per heavy atom. The lowest BCUT2D eigenvalue weighted by molar-refractivity contribution is 0.0780. The summed E-state index contributed by atoms with van der Waals surface area (Å²) in [7, 11) is 1.92. The number of aryl methyl sites for hydroxylation is 2. The molecule has 1 N–H and O–H groups in total. The first-order chi connectivity index (χ1) is 11.6. The molecule has 2 aromatic heterocycles. The van der Waals surface area contributed by atoms with Crippen molar-refractivity contribution in [3.8, 4) is 0 Å². The summed E-state index contributed by atoms with van der Waals surface area (Å²) in [6, 6.07) is 5.23. The Kier molecular flexibility index (Phi) is 3.57. The highest BCUT2D eigenvalue weighted by Gasteiger charge is 2.34. The molecule has 0 unspecified atom stereocenters. The molecule has 1 saturated heterocycles. The van der Waals surface area contributed by atoms with E-state index in [2.05, 4.69) is 15.3 Å². The van der Waals surface area contributed by atoms with Crippen LogP contribution in [0, 0.1) is 6.92 Å². The number of rotatable bonds is 3. The number of nitrogens with zero attached hydrogens (tertiary/aromatic N) is 3. The minimum Gasteiger partial charge on any atom is -0.441 e. The first-order valence-corrected chi connectivity index (χ1v) is 7.89. The summed E-state index contributed by atoms with van der Waals surface area (Å²) in [5.74, 6) is 1.18. The first-order valence-electron chi connectivity index (χ1n) is 7.89. The van der Waals surface area contributed by atoms with Crippen LogP contribution in [-0.2, 0) is 11.8 Å². The topological polar surface area (TPSA) is 82.2 Å². The number of fused-ring (bicyclic) bond motifs is 1. The average molecular weight is 326 g/mol. The fourth-order valence-corrected chi connectivity index (χ4v) is 3.13. The van der Waals surface area contributed by atoms with E-state index in [1.165, 1.54) is 0 Å². The lowest BCUT2D eigenvalue weighted by Gasteiger charge is -2.19. The number of benzene rings is 1. The van der Waals surface area contributed by atoms with Crippen molar-refractivity contribution >= 4 is 17.0 Å². The molecule has 0 bridgehead atoms. The molecule has 7 heteroatoms. The predicted octanol–water partition coefficient (Wildman–Crippen LogP) is 2.13. The summed E-state index contributed by atoms with van der Waals surface area (Å²) in [6.45, 7) is 2.36. The van der Waals surface area contributed by atoms with Crippen molar-refractivity contribution in [1.29, 1.82) is 0 Å². The van der Waals surface area contributed by atoms with Gasteiger partial charge in [0.2, 0.25) is 0 Å². The van der Waals surface area contributed by atoms with Crippen LogP contribution < -0.4 is 5.32 Å². The highest BCUT2D eigenvalue weighted by molar-refractivity contribution is 6.04. The van der Waals surface area contributed by atoms with E-state index in [9.17, 15) is 4.79 Å².